The molecule has 5 nitrogen and oxygen atoms in total. The van der Waals surface area contributed by atoms with Crippen LogP contribution in [0.1, 0.15) is 0 Å². The highest BCUT2D eigenvalue weighted by Crippen LogP contribution is 2.34. The zero-order chi connectivity index (χ0) is 14.7. The molecule has 0 saturated carbocycles. The Kier molecular flexibility index (Phi) is 3.87. The molecule has 0 amide bonds. The third kappa shape index (κ3) is 2.75. The predicted molar refractivity (Wildman–Crippen MR) is 83.0 cm³/mol. The summed E-state index contributed by atoms with van der Waals surface area (Å²) >= 11 is 1.41. The van der Waals surface area contributed by atoms with Gasteiger partial charge in [-0.3, -0.25) is 0 Å². The number of aromatic nitrogens is 1. The standard InChI is InChI=1S/C15H14N2O3S/c1-18-10-7-8-14(13(9-10)19-2)21-17-15-11-5-3-4-6-12(11)20-16-15/h3-9H,1-2H3,(H,16,17). The molecule has 0 fully saturated rings. The van der Waals surface area contributed by atoms with Crippen LogP contribution in [0.15, 0.2) is 51.9 Å². The Hall–Kier alpha value is -2.34. The first-order valence-corrected chi connectivity index (χ1v) is 7.13. The summed E-state index contributed by atoms with van der Waals surface area (Å²) < 4.78 is 19.0. The van der Waals surface area contributed by atoms with E-state index in [2.05, 4.69) is 9.88 Å². The van der Waals surface area contributed by atoms with Gasteiger partial charge in [-0.2, -0.15) is 0 Å². The molecule has 3 aromatic rings. The predicted octanol–water partition coefficient (Wildman–Crippen LogP) is 3.96. The monoisotopic (exact) mass is 302 g/mol. The molecule has 1 aromatic heterocycles. The van der Waals surface area contributed by atoms with Crippen molar-refractivity contribution < 1.29 is 14.0 Å². The van der Waals surface area contributed by atoms with Gasteiger partial charge in [0.1, 0.15) is 11.5 Å². The molecule has 0 aliphatic carbocycles. The first-order chi connectivity index (χ1) is 10.3. The van der Waals surface area contributed by atoms with Gasteiger partial charge in [-0.05, 0) is 36.2 Å². The highest BCUT2D eigenvalue weighted by Gasteiger charge is 2.10. The molecule has 2 aromatic carbocycles. The van der Waals surface area contributed by atoms with Gasteiger partial charge in [0.25, 0.3) is 0 Å². The summed E-state index contributed by atoms with van der Waals surface area (Å²) in [5.74, 6) is 2.18. The van der Waals surface area contributed by atoms with E-state index in [9.17, 15) is 0 Å². The van der Waals surface area contributed by atoms with E-state index in [4.69, 9.17) is 14.0 Å². The summed E-state index contributed by atoms with van der Waals surface area (Å²) in [5, 5.41) is 4.97. The maximum absolute atomic E-state index is 5.36. The van der Waals surface area contributed by atoms with Crippen LogP contribution in [0.2, 0.25) is 0 Å². The number of hydrogen-bond acceptors (Lipinski definition) is 6. The zero-order valence-electron chi connectivity index (χ0n) is 11.6. The topological polar surface area (TPSA) is 56.5 Å². The smallest absolute Gasteiger partial charge is 0.187 e. The number of nitrogens with one attached hydrogen (secondary N) is 1. The molecule has 6 heteroatoms. The number of benzene rings is 2. The van der Waals surface area contributed by atoms with Gasteiger partial charge in [0.05, 0.1) is 24.5 Å². The second-order valence-corrected chi connectivity index (χ2v) is 5.10. The van der Waals surface area contributed by atoms with Crippen molar-refractivity contribution in [1.82, 2.24) is 5.16 Å². The first-order valence-electron chi connectivity index (χ1n) is 6.31. The summed E-state index contributed by atoms with van der Waals surface area (Å²) in [4.78, 5) is 0.936. The van der Waals surface area contributed by atoms with E-state index in [0.29, 0.717) is 5.82 Å². The van der Waals surface area contributed by atoms with Gasteiger partial charge in [-0.1, -0.05) is 17.3 Å². The van der Waals surface area contributed by atoms with Gasteiger partial charge >= 0.3 is 0 Å². The van der Waals surface area contributed by atoms with Crippen molar-refractivity contribution in [2.75, 3.05) is 18.9 Å². The fraction of sp³-hybridized carbons (Fsp3) is 0.133. The molecule has 21 heavy (non-hydrogen) atoms. The van der Waals surface area contributed by atoms with Crippen molar-refractivity contribution in [2.45, 2.75) is 4.90 Å². The summed E-state index contributed by atoms with van der Waals surface area (Å²) in [7, 11) is 3.26. The third-order valence-corrected chi connectivity index (χ3v) is 3.86. The van der Waals surface area contributed by atoms with E-state index in [0.717, 1.165) is 27.4 Å². The molecule has 3 rings (SSSR count). The van der Waals surface area contributed by atoms with Crippen LogP contribution in [0, 0.1) is 0 Å². The van der Waals surface area contributed by atoms with Crippen molar-refractivity contribution in [2.24, 2.45) is 0 Å². The molecule has 0 saturated heterocycles. The van der Waals surface area contributed by atoms with Crippen LogP contribution in [0.5, 0.6) is 11.5 Å². The number of para-hydroxylation sites is 1. The summed E-state index contributed by atoms with van der Waals surface area (Å²) in [5.41, 5.74) is 0.752. The SMILES string of the molecule is COc1ccc(SNc2noc3ccccc23)c(OC)c1. The Morgan fingerprint density at radius 1 is 1.10 bits per heavy atom. The summed E-state index contributed by atoms with van der Waals surface area (Å²) in [6.45, 7) is 0. The van der Waals surface area contributed by atoms with E-state index >= 15 is 0 Å². The molecular weight excluding hydrogens is 288 g/mol. The van der Waals surface area contributed by atoms with Gasteiger partial charge < -0.3 is 18.7 Å². The fourth-order valence-corrected chi connectivity index (χ4v) is 2.65. The van der Waals surface area contributed by atoms with Crippen molar-refractivity contribution in [1.29, 1.82) is 0 Å². The summed E-state index contributed by atoms with van der Waals surface area (Å²) in [6, 6.07) is 13.3. The molecular formula is C15H14N2O3S. The lowest BCUT2D eigenvalue weighted by Crippen LogP contribution is -1.92. The highest BCUT2D eigenvalue weighted by molar-refractivity contribution is 8.00. The quantitative estimate of drug-likeness (QED) is 0.720. The van der Waals surface area contributed by atoms with Gasteiger partial charge in [-0.15, -0.1) is 0 Å². The number of hydrogen-bond donors (Lipinski definition) is 1. The second kappa shape index (κ2) is 5.97. The van der Waals surface area contributed by atoms with Crippen molar-refractivity contribution >= 4 is 28.7 Å². The van der Waals surface area contributed by atoms with Crippen LogP contribution in [0.25, 0.3) is 11.0 Å². The maximum atomic E-state index is 5.36. The average Bonchev–Trinajstić information content (AvgIpc) is 2.96. The van der Waals surface area contributed by atoms with Crippen molar-refractivity contribution in [3.63, 3.8) is 0 Å². The number of nitrogens with zero attached hydrogens (tertiary/aromatic N) is 1. The Morgan fingerprint density at radius 2 is 1.95 bits per heavy atom. The minimum atomic E-state index is 0.688. The van der Waals surface area contributed by atoms with Crippen LogP contribution in [0.4, 0.5) is 5.82 Å². The third-order valence-electron chi connectivity index (χ3n) is 3.01. The Morgan fingerprint density at radius 3 is 2.76 bits per heavy atom. The van der Waals surface area contributed by atoms with E-state index in [-0.39, 0.29) is 0 Å². The van der Waals surface area contributed by atoms with Crippen molar-refractivity contribution in [3.05, 3.63) is 42.5 Å². The minimum absolute atomic E-state index is 0.688. The number of ether oxygens (including phenoxy) is 2. The molecule has 1 heterocycles. The van der Waals surface area contributed by atoms with E-state index in [1.165, 1.54) is 11.9 Å². The van der Waals surface area contributed by atoms with Crippen LogP contribution in [-0.2, 0) is 0 Å². The minimum Gasteiger partial charge on any atom is -0.497 e. The van der Waals surface area contributed by atoms with Gasteiger partial charge in [0, 0.05) is 6.07 Å². The van der Waals surface area contributed by atoms with Crippen LogP contribution >= 0.6 is 11.9 Å². The Balaban J connectivity index is 1.81. The lowest BCUT2D eigenvalue weighted by atomic mass is 10.2. The normalized spacial score (nSPS) is 10.6. The van der Waals surface area contributed by atoms with E-state index in [1.54, 1.807) is 14.2 Å². The van der Waals surface area contributed by atoms with E-state index in [1.807, 2.05) is 42.5 Å². The van der Waals surface area contributed by atoms with Gasteiger partial charge in [-0.25, -0.2) is 0 Å². The fourth-order valence-electron chi connectivity index (χ4n) is 1.92. The molecule has 0 spiro atoms. The Labute approximate surface area is 126 Å². The van der Waals surface area contributed by atoms with Crippen LogP contribution < -0.4 is 14.2 Å². The van der Waals surface area contributed by atoms with E-state index < -0.39 is 0 Å². The number of fused-ring (bicyclic) bond motifs is 1. The Bertz CT molecular complexity index is 758. The molecule has 1 N–H and O–H groups in total. The average molecular weight is 302 g/mol. The molecule has 0 unspecified atom stereocenters. The lowest BCUT2D eigenvalue weighted by molar-refractivity contribution is 0.387. The number of rotatable bonds is 5. The molecule has 0 aliphatic rings. The van der Waals surface area contributed by atoms with Gasteiger partial charge in [0.15, 0.2) is 11.4 Å². The molecule has 108 valence electrons. The first kappa shape index (κ1) is 13.6. The maximum Gasteiger partial charge on any atom is 0.187 e. The molecule has 0 bridgehead atoms. The van der Waals surface area contributed by atoms with Crippen LogP contribution in [0.3, 0.4) is 0 Å². The number of anilines is 1. The number of methoxy groups -OCH3 is 2. The van der Waals surface area contributed by atoms with Gasteiger partial charge in [0.2, 0.25) is 0 Å². The zero-order valence-corrected chi connectivity index (χ0v) is 12.4. The summed E-state index contributed by atoms with van der Waals surface area (Å²) in [6.07, 6.45) is 0. The molecule has 0 atom stereocenters. The lowest BCUT2D eigenvalue weighted by Gasteiger charge is -2.09. The largest absolute Gasteiger partial charge is 0.497 e. The van der Waals surface area contributed by atoms with Crippen LogP contribution in [-0.4, -0.2) is 19.4 Å². The molecule has 0 aliphatic heterocycles. The second-order valence-electron chi connectivity index (χ2n) is 4.25. The molecule has 0 radical (unpaired) electrons. The highest BCUT2D eigenvalue weighted by atomic mass is 32.2. The van der Waals surface area contributed by atoms with Crippen molar-refractivity contribution in [3.8, 4) is 11.5 Å².